The van der Waals surface area contributed by atoms with Crippen molar-refractivity contribution >= 4 is 0 Å². The van der Waals surface area contributed by atoms with Crippen LogP contribution in [0.25, 0.3) is 0 Å². The maximum atomic E-state index is 6.19. The first kappa shape index (κ1) is 16.4. The fourth-order valence-corrected chi connectivity index (χ4v) is 2.99. The van der Waals surface area contributed by atoms with Gasteiger partial charge in [0.25, 0.3) is 0 Å². The lowest BCUT2D eigenvalue weighted by Gasteiger charge is -2.36. The van der Waals surface area contributed by atoms with Crippen LogP contribution in [-0.4, -0.2) is 16.7 Å². The Hall–Kier alpha value is -0.940. The van der Waals surface area contributed by atoms with E-state index < -0.39 is 0 Å². The summed E-state index contributed by atoms with van der Waals surface area (Å²) in [6.45, 7) is 9.19. The summed E-state index contributed by atoms with van der Waals surface area (Å²) in [5, 5.41) is 4.20. The molecule has 2 rings (SSSR count). The maximum absolute atomic E-state index is 6.19. The first-order valence-corrected chi connectivity index (χ1v) is 8.26. The fourth-order valence-electron chi connectivity index (χ4n) is 2.99. The Morgan fingerprint density at radius 3 is 2.62 bits per heavy atom. The third-order valence-corrected chi connectivity index (χ3v) is 4.89. The maximum Gasteiger partial charge on any atom is 0.243 e. The van der Waals surface area contributed by atoms with Crippen LogP contribution in [0.2, 0.25) is 0 Å². The molecule has 1 heterocycles. The van der Waals surface area contributed by atoms with E-state index in [0.717, 1.165) is 38.0 Å². The molecule has 1 aromatic heterocycles. The molecule has 0 aliphatic heterocycles. The summed E-state index contributed by atoms with van der Waals surface area (Å²) in [6, 6.07) is -0.197. The normalized spacial score (nSPS) is 29.3. The molecule has 2 N–H and O–H groups in total. The highest BCUT2D eigenvalue weighted by Crippen LogP contribution is 2.41. The van der Waals surface area contributed by atoms with Crippen LogP contribution in [0, 0.1) is 11.8 Å². The van der Waals surface area contributed by atoms with Crippen molar-refractivity contribution in [2.45, 2.75) is 71.4 Å². The van der Waals surface area contributed by atoms with Crippen LogP contribution in [0.3, 0.4) is 0 Å². The van der Waals surface area contributed by atoms with E-state index in [-0.39, 0.29) is 11.6 Å². The molecule has 0 spiro atoms. The summed E-state index contributed by atoms with van der Waals surface area (Å²) in [5.74, 6) is 2.29. The zero-order valence-corrected chi connectivity index (χ0v) is 13.8. The first-order valence-electron chi connectivity index (χ1n) is 8.26. The van der Waals surface area contributed by atoms with Crippen molar-refractivity contribution < 1.29 is 9.26 Å². The minimum Gasteiger partial charge on any atom is -0.367 e. The Balaban J connectivity index is 2.20. The van der Waals surface area contributed by atoms with Gasteiger partial charge in [-0.25, -0.2) is 0 Å². The third kappa shape index (κ3) is 3.46. The van der Waals surface area contributed by atoms with Crippen molar-refractivity contribution in [2.75, 3.05) is 6.61 Å². The minimum absolute atomic E-state index is 0.197. The van der Waals surface area contributed by atoms with E-state index in [4.69, 9.17) is 15.0 Å². The molecule has 120 valence electrons. The molecule has 5 heteroatoms. The molecular weight excluding hydrogens is 266 g/mol. The molecule has 21 heavy (non-hydrogen) atoms. The molecule has 0 amide bonds. The first-order chi connectivity index (χ1) is 10.0. The standard InChI is InChI=1S/C16H29N3O2/c1-5-12(4)13(17)14-18-15(19-21-14)16(20-6-2)9-7-11(3)8-10-16/h11-13H,5-10,17H2,1-4H3/t11?,12-,13-,16?/m0/s1. The predicted molar refractivity (Wildman–Crippen MR) is 81.6 cm³/mol. The number of hydrogen-bond donors (Lipinski definition) is 1. The largest absolute Gasteiger partial charge is 0.367 e. The van der Waals surface area contributed by atoms with Crippen LogP contribution in [0.15, 0.2) is 4.52 Å². The van der Waals surface area contributed by atoms with Crippen molar-refractivity contribution in [1.82, 2.24) is 10.1 Å². The Morgan fingerprint density at radius 2 is 2.05 bits per heavy atom. The number of nitrogens with zero attached hydrogens (tertiary/aromatic N) is 2. The number of rotatable bonds is 6. The zero-order valence-electron chi connectivity index (χ0n) is 13.8. The van der Waals surface area contributed by atoms with E-state index in [0.29, 0.717) is 24.2 Å². The number of ether oxygens (including phenoxy) is 1. The van der Waals surface area contributed by atoms with Gasteiger partial charge in [-0.3, -0.25) is 0 Å². The predicted octanol–water partition coefficient (Wildman–Crippen LogP) is 3.56. The molecule has 0 unspecified atom stereocenters. The van der Waals surface area contributed by atoms with Crippen LogP contribution < -0.4 is 5.73 Å². The van der Waals surface area contributed by atoms with Crippen molar-refractivity contribution in [3.63, 3.8) is 0 Å². The van der Waals surface area contributed by atoms with Gasteiger partial charge in [-0.05, 0) is 44.4 Å². The summed E-state index contributed by atoms with van der Waals surface area (Å²) >= 11 is 0. The molecule has 0 saturated heterocycles. The van der Waals surface area contributed by atoms with Crippen molar-refractivity contribution in [3.05, 3.63) is 11.7 Å². The van der Waals surface area contributed by atoms with Gasteiger partial charge >= 0.3 is 0 Å². The minimum atomic E-state index is -0.377. The molecule has 5 nitrogen and oxygen atoms in total. The molecule has 0 bridgehead atoms. The molecule has 1 saturated carbocycles. The second-order valence-electron chi connectivity index (χ2n) is 6.48. The van der Waals surface area contributed by atoms with Crippen LogP contribution in [0.1, 0.15) is 77.6 Å². The van der Waals surface area contributed by atoms with Crippen molar-refractivity contribution in [1.29, 1.82) is 0 Å². The molecular formula is C16H29N3O2. The van der Waals surface area contributed by atoms with Gasteiger partial charge in [0, 0.05) is 6.61 Å². The quantitative estimate of drug-likeness (QED) is 0.868. The zero-order chi connectivity index (χ0) is 15.5. The highest BCUT2D eigenvalue weighted by atomic mass is 16.5. The van der Waals surface area contributed by atoms with Gasteiger partial charge in [0.1, 0.15) is 5.60 Å². The lowest BCUT2D eigenvalue weighted by molar-refractivity contribution is -0.0847. The van der Waals surface area contributed by atoms with Crippen LogP contribution >= 0.6 is 0 Å². The topological polar surface area (TPSA) is 74.2 Å². The van der Waals surface area contributed by atoms with Crippen LogP contribution in [0.4, 0.5) is 0 Å². The van der Waals surface area contributed by atoms with E-state index in [2.05, 4.69) is 30.9 Å². The smallest absolute Gasteiger partial charge is 0.243 e. The van der Waals surface area contributed by atoms with E-state index in [1.807, 2.05) is 6.92 Å². The van der Waals surface area contributed by atoms with Crippen LogP contribution in [0.5, 0.6) is 0 Å². The highest BCUT2D eigenvalue weighted by Gasteiger charge is 2.41. The lowest BCUT2D eigenvalue weighted by atomic mass is 9.79. The SMILES string of the molecule is CCOC1(c2noc([C@@H](N)[C@@H](C)CC)n2)CCC(C)CC1. The summed E-state index contributed by atoms with van der Waals surface area (Å²) in [7, 11) is 0. The van der Waals surface area contributed by atoms with Gasteiger partial charge in [0.05, 0.1) is 6.04 Å². The highest BCUT2D eigenvalue weighted by molar-refractivity contribution is 5.05. The number of nitrogens with two attached hydrogens (primary N) is 1. The molecule has 1 aliphatic carbocycles. The van der Waals surface area contributed by atoms with E-state index in [1.54, 1.807) is 0 Å². The van der Waals surface area contributed by atoms with Gasteiger partial charge in [-0.1, -0.05) is 32.3 Å². The van der Waals surface area contributed by atoms with Gasteiger partial charge in [-0.15, -0.1) is 0 Å². The van der Waals surface area contributed by atoms with E-state index in [9.17, 15) is 0 Å². The Kier molecular flexibility index (Phi) is 5.38. The second kappa shape index (κ2) is 6.88. The molecule has 1 aromatic rings. The number of hydrogen-bond acceptors (Lipinski definition) is 5. The van der Waals surface area contributed by atoms with Gasteiger partial charge < -0.3 is 15.0 Å². The number of aromatic nitrogens is 2. The van der Waals surface area contributed by atoms with Crippen LogP contribution in [-0.2, 0) is 10.3 Å². The molecule has 0 radical (unpaired) electrons. The monoisotopic (exact) mass is 295 g/mol. The fraction of sp³-hybridized carbons (Fsp3) is 0.875. The molecule has 1 aliphatic rings. The average molecular weight is 295 g/mol. The Labute approximate surface area is 127 Å². The average Bonchev–Trinajstić information content (AvgIpc) is 2.99. The molecule has 2 atom stereocenters. The second-order valence-corrected chi connectivity index (χ2v) is 6.48. The third-order valence-electron chi connectivity index (χ3n) is 4.89. The van der Waals surface area contributed by atoms with Gasteiger partial charge in [0.15, 0.2) is 0 Å². The van der Waals surface area contributed by atoms with Gasteiger partial charge in [-0.2, -0.15) is 4.98 Å². The van der Waals surface area contributed by atoms with Crippen molar-refractivity contribution in [2.24, 2.45) is 17.6 Å². The molecule has 0 aromatic carbocycles. The van der Waals surface area contributed by atoms with Gasteiger partial charge in [0.2, 0.25) is 11.7 Å². The molecule has 1 fully saturated rings. The summed E-state index contributed by atoms with van der Waals surface area (Å²) < 4.78 is 11.5. The summed E-state index contributed by atoms with van der Waals surface area (Å²) in [6.07, 6.45) is 5.19. The Bertz CT molecular complexity index is 438. The summed E-state index contributed by atoms with van der Waals surface area (Å²) in [4.78, 5) is 4.59. The Morgan fingerprint density at radius 1 is 1.38 bits per heavy atom. The van der Waals surface area contributed by atoms with Crippen molar-refractivity contribution in [3.8, 4) is 0 Å². The summed E-state index contributed by atoms with van der Waals surface area (Å²) in [5.41, 5.74) is 5.82. The van der Waals surface area contributed by atoms with E-state index >= 15 is 0 Å². The lowest BCUT2D eigenvalue weighted by Crippen LogP contribution is -2.35. The van der Waals surface area contributed by atoms with E-state index in [1.165, 1.54) is 0 Å².